The number of nitrogens with one attached hydrogen (secondary N) is 1. The summed E-state index contributed by atoms with van der Waals surface area (Å²) in [5.41, 5.74) is 2.73. The van der Waals surface area contributed by atoms with Crippen LogP contribution in [0.5, 0.6) is 0 Å². The number of amides is 2. The van der Waals surface area contributed by atoms with Crippen LogP contribution in [0, 0.1) is 0 Å². The summed E-state index contributed by atoms with van der Waals surface area (Å²) in [7, 11) is 0. The first-order chi connectivity index (χ1) is 14.5. The molecule has 168 valence electrons. The molecule has 0 saturated carbocycles. The van der Waals surface area contributed by atoms with Crippen LogP contribution in [0.4, 0.5) is 0 Å². The lowest BCUT2D eigenvalue weighted by Crippen LogP contribution is -2.52. The molecule has 4 nitrogen and oxygen atoms in total. The third-order valence-electron chi connectivity index (χ3n) is 5.08. The smallest absolute Gasteiger partial charge is 0.242 e. The summed E-state index contributed by atoms with van der Waals surface area (Å²) in [4.78, 5) is 27.6. The minimum absolute atomic E-state index is 0.0952. The number of carbonyl (C=O) groups excluding carboxylic acids is 2. The largest absolute Gasteiger partial charge is 0.350 e. The Hall–Kier alpha value is -2.04. The second-order valence-electron chi connectivity index (χ2n) is 8.84. The highest BCUT2D eigenvalue weighted by atomic mass is 35.5. The van der Waals surface area contributed by atoms with Crippen LogP contribution in [0.2, 0.25) is 10.0 Å². The highest BCUT2D eigenvalue weighted by Gasteiger charge is 2.28. The molecule has 1 atom stereocenters. The normalized spacial score (nSPS) is 12.4. The van der Waals surface area contributed by atoms with Gasteiger partial charge in [-0.25, -0.2) is 0 Å². The number of halogens is 2. The van der Waals surface area contributed by atoms with Crippen LogP contribution in [-0.2, 0) is 29.0 Å². The molecule has 0 saturated heterocycles. The highest BCUT2D eigenvalue weighted by molar-refractivity contribution is 6.35. The summed E-state index contributed by atoms with van der Waals surface area (Å²) in [5, 5.41) is 3.97. The topological polar surface area (TPSA) is 49.4 Å². The van der Waals surface area contributed by atoms with Crippen LogP contribution in [0.25, 0.3) is 0 Å². The zero-order valence-corrected chi connectivity index (χ0v) is 20.5. The molecule has 0 spiro atoms. The van der Waals surface area contributed by atoms with E-state index < -0.39 is 6.04 Å². The molecule has 2 rings (SSSR count). The monoisotopic (exact) mass is 462 g/mol. The van der Waals surface area contributed by atoms with Gasteiger partial charge in [0.15, 0.2) is 0 Å². The van der Waals surface area contributed by atoms with E-state index in [0.717, 1.165) is 17.5 Å². The van der Waals surface area contributed by atoms with Gasteiger partial charge in [-0.05, 0) is 69.4 Å². The minimum Gasteiger partial charge on any atom is -0.350 e. The number of rotatable bonds is 8. The SMILES string of the molecule is CCc1ccc(CCC(=O)N(Cc2ccc(Cl)cc2Cl)[C@@H](C)C(=O)NC(C)(C)C)cc1. The third-order valence-corrected chi connectivity index (χ3v) is 5.67. The van der Waals surface area contributed by atoms with Gasteiger partial charge in [0.2, 0.25) is 11.8 Å². The number of nitrogens with zero attached hydrogens (tertiary/aromatic N) is 1. The molecule has 0 aliphatic heterocycles. The quantitative estimate of drug-likeness (QED) is 0.536. The maximum Gasteiger partial charge on any atom is 0.242 e. The average molecular weight is 463 g/mol. The molecule has 0 aliphatic carbocycles. The summed E-state index contributed by atoms with van der Waals surface area (Å²) in [6.07, 6.45) is 1.90. The van der Waals surface area contributed by atoms with Gasteiger partial charge < -0.3 is 10.2 Å². The van der Waals surface area contributed by atoms with Crippen LogP contribution in [0.1, 0.15) is 57.7 Å². The molecule has 0 heterocycles. The lowest BCUT2D eigenvalue weighted by molar-refractivity contribution is -0.141. The fourth-order valence-electron chi connectivity index (χ4n) is 3.23. The number of hydrogen-bond donors (Lipinski definition) is 1. The van der Waals surface area contributed by atoms with E-state index in [1.165, 1.54) is 5.56 Å². The fraction of sp³-hybridized carbons (Fsp3) is 0.440. The van der Waals surface area contributed by atoms with Crippen molar-refractivity contribution >= 4 is 35.0 Å². The van der Waals surface area contributed by atoms with Crippen molar-refractivity contribution < 1.29 is 9.59 Å². The second-order valence-corrected chi connectivity index (χ2v) is 9.69. The molecule has 6 heteroatoms. The van der Waals surface area contributed by atoms with Gasteiger partial charge in [-0.1, -0.05) is 60.5 Å². The molecule has 0 radical (unpaired) electrons. The predicted octanol–water partition coefficient (Wildman–Crippen LogP) is 5.82. The van der Waals surface area contributed by atoms with Gasteiger partial charge in [0.1, 0.15) is 6.04 Å². The lowest BCUT2D eigenvalue weighted by atomic mass is 10.0. The van der Waals surface area contributed by atoms with Gasteiger partial charge in [-0.15, -0.1) is 0 Å². The van der Waals surface area contributed by atoms with Crippen LogP contribution in [0.15, 0.2) is 42.5 Å². The third kappa shape index (κ3) is 7.86. The summed E-state index contributed by atoms with van der Waals surface area (Å²) < 4.78 is 0. The van der Waals surface area contributed by atoms with Crippen molar-refractivity contribution in [3.8, 4) is 0 Å². The Labute approximate surface area is 195 Å². The molecule has 0 unspecified atom stereocenters. The van der Waals surface area contributed by atoms with E-state index in [1.54, 1.807) is 30.0 Å². The van der Waals surface area contributed by atoms with Gasteiger partial charge in [-0.2, -0.15) is 0 Å². The van der Waals surface area contributed by atoms with Crippen molar-refractivity contribution in [2.45, 2.75) is 72.0 Å². The lowest BCUT2D eigenvalue weighted by Gasteiger charge is -2.31. The van der Waals surface area contributed by atoms with Gasteiger partial charge >= 0.3 is 0 Å². The molecule has 0 aromatic heterocycles. The molecule has 1 N–H and O–H groups in total. The highest BCUT2D eigenvalue weighted by Crippen LogP contribution is 2.24. The first-order valence-corrected chi connectivity index (χ1v) is 11.4. The van der Waals surface area contributed by atoms with E-state index in [0.29, 0.717) is 22.9 Å². The van der Waals surface area contributed by atoms with Crippen molar-refractivity contribution in [3.63, 3.8) is 0 Å². The number of carbonyl (C=O) groups is 2. The Morgan fingerprint density at radius 3 is 2.19 bits per heavy atom. The van der Waals surface area contributed by atoms with Crippen LogP contribution in [-0.4, -0.2) is 28.3 Å². The van der Waals surface area contributed by atoms with E-state index in [1.807, 2.05) is 20.8 Å². The molecule has 0 fully saturated rings. The van der Waals surface area contributed by atoms with Crippen molar-refractivity contribution in [2.75, 3.05) is 0 Å². The number of aryl methyl sites for hydroxylation is 2. The Kier molecular flexibility index (Phi) is 8.96. The summed E-state index contributed by atoms with van der Waals surface area (Å²) in [6, 6.07) is 12.8. The van der Waals surface area contributed by atoms with Crippen LogP contribution in [0.3, 0.4) is 0 Å². The second kappa shape index (κ2) is 11.0. The molecule has 2 aromatic carbocycles. The molecule has 0 aliphatic rings. The van der Waals surface area contributed by atoms with Gasteiger partial charge in [0.25, 0.3) is 0 Å². The van der Waals surface area contributed by atoms with Crippen molar-refractivity contribution in [1.82, 2.24) is 10.2 Å². The zero-order chi connectivity index (χ0) is 23.2. The van der Waals surface area contributed by atoms with Crippen molar-refractivity contribution in [3.05, 3.63) is 69.2 Å². The van der Waals surface area contributed by atoms with Gasteiger partial charge in [-0.3, -0.25) is 9.59 Å². The van der Waals surface area contributed by atoms with Crippen LogP contribution < -0.4 is 5.32 Å². The van der Waals surface area contributed by atoms with Gasteiger partial charge in [0.05, 0.1) is 0 Å². The van der Waals surface area contributed by atoms with E-state index in [9.17, 15) is 9.59 Å². The average Bonchev–Trinajstić information content (AvgIpc) is 2.70. The van der Waals surface area contributed by atoms with E-state index in [4.69, 9.17) is 23.2 Å². The van der Waals surface area contributed by atoms with E-state index in [2.05, 4.69) is 36.5 Å². The molecule has 2 aromatic rings. The molecule has 0 bridgehead atoms. The Morgan fingerprint density at radius 2 is 1.65 bits per heavy atom. The zero-order valence-electron chi connectivity index (χ0n) is 19.0. The predicted molar refractivity (Wildman–Crippen MR) is 129 cm³/mol. The fourth-order valence-corrected chi connectivity index (χ4v) is 3.69. The summed E-state index contributed by atoms with van der Waals surface area (Å²) >= 11 is 12.4. The summed E-state index contributed by atoms with van der Waals surface area (Å²) in [6.45, 7) is 9.85. The first-order valence-electron chi connectivity index (χ1n) is 10.6. The van der Waals surface area contributed by atoms with Crippen molar-refractivity contribution in [2.24, 2.45) is 0 Å². The van der Waals surface area contributed by atoms with E-state index in [-0.39, 0.29) is 23.9 Å². The Bertz CT molecular complexity index is 905. The van der Waals surface area contributed by atoms with Gasteiger partial charge in [0, 0.05) is 28.5 Å². The molecule has 31 heavy (non-hydrogen) atoms. The summed E-state index contributed by atoms with van der Waals surface area (Å²) in [5.74, 6) is -0.291. The molecular weight excluding hydrogens is 431 g/mol. The molecule has 2 amide bonds. The minimum atomic E-state index is -0.638. The standard InChI is InChI=1S/C25H32Cl2N2O2/c1-6-18-7-9-19(10-8-18)11-14-23(30)29(17(2)24(31)28-25(3,4)5)16-20-12-13-21(26)15-22(20)27/h7-10,12-13,15,17H,6,11,14,16H2,1-5H3,(H,28,31)/t17-/m0/s1. The van der Waals surface area contributed by atoms with Crippen LogP contribution >= 0.6 is 23.2 Å². The van der Waals surface area contributed by atoms with E-state index >= 15 is 0 Å². The number of benzene rings is 2. The Morgan fingerprint density at radius 1 is 1.03 bits per heavy atom. The van der Waals surface area contributed by atoms with Crippen molar-refractivity contribution in [1.29, 1.82) is 0 Å². The number of hydrogen-bond acceptors (Lipinski definition) is 2. The molecular formula is C25H32Cl2N2O2. The maximum atomic E-state index is 13.2. The Balaban J connectivity index is 2.19. The first kappa shape index (κ1) is 25.2. The maximum absolute atomic E-state index is 13.2.